The highest BCUT2D eigenvalue weighted by Crippen LogP contribution is 2.31. The van der Waals surface area contributed by atoms with Crippen molar-refractivity contribution in [3.63, 3.8) is 0 Å². The van der Waals surface area contributed by atoms with Gasteiger partial charge in [0, 0.05) is 38.8 Å². The minimum atomic E-state index is 0.126. The lowest BCUT2D eigenvalue weighted by molar-refractivity contribution is -0.0850. The van der Waals surface area contributed by atoms with Gasteiger partial charge in [-0.2, -0.15) is 0 Å². The normalized spacial score (nSPS) is 35.0. The summed E-state index contributed by atoms with van der Waals surface area (Å²) in [5, 5.41) is 6.93. The van der Waals surface area contributed by atoms with E-state index in [2.05, 4.69) is 27.4 Å². The molecule has 1 aliphatic carbocycles. The first-order chi connectivity index (χ1) is 10.3. The molecule has 2 saturated heterocycles. The zero-order valence-corrected chi connectivity index (χ0v) is 13.2. The second-order valence-electron chi connectivity index (χ2n) is 6.43. The van der Waals surface area contributed by atoms with Crippen molar-refractivity contribution in [1.29, 1.82) is 0 Å². The number of ether oxygens (including phenoxy) is 2. The molecule has 0 bridgehead atoms. The second kappa shape index (κ2) is 6.94. The molecule has 3 rings (SSSR count). The Morgan fingerprint density at radius 3 is 2.81 bits per heavy atom. The highest BCUT2D eigenvalue weighted by atomic mass is 16.6. The van der Waals surface area contributed by atoms with Gasteiger partial charge in [-0.05, 0) is 18.8 Å². The Hall–Kier alpha value is -0.850. The van der Waals surface area contributed by atoms with E-state index in [1.165, 1.54) is 19.4 Å². The third kappa shape index (κ3) is 4.08. The van der Waals surface area contributed by atoms with Gasteiger partial charge in [0.2, 0.25) is 0 Å². The van der Waals surface area contributed by atoms with E-state index in [0.717, 1.165) is 25.1 Å². The highest BCUT2D eigenvalue weighted by molar-refractivity contribution is 5.80. The zero-order chi connectivity index (χ0) is 14.7. The first-order valence-corrected chi connectivity index (χ1v) is 8.17. The molecule has 21 heavy (non-hydrogen) atoms. The van der Waals surface area contributed by atoms with Crippen LogP contribution in [0, 0.1) is 5.92 Å². The molecular weight excluding hydrogens is 268 g/mol. The van der Waals surface area contributed by atoms with Crippen molar-refractivity contribution < 1.29 is 9.47 Å². The van der Waals surface area contributed by atoms with Gasteiger partial charge in [-0.3, -0.25) is 9.89 Å². The van der Waals surface area contributed by atoms with E-state index in [1.54, 1.807) is 0 Å². The van der Waals surface area contributed by atoms with Crippen LogP contribution in [0.4, 0.5) is 0 Å². The summed E-state index contributed by atoms with van der Waals surface area (Å²) < 4.78 is 11.1. The molecule has 0 radical (unpaired) electrons. The molecule has 2 aliphatic heterocycles. The van der Waals surface area contributed by atoms with Crippen molar-refractivity contribution in [2.45, 2.75) is 38.0 Å². The zero-order valence-electron chi connectivity index (χ0n) is 13.2. The van der Waals surface area contributed by atoms with E-state index in [4.69, 9.17) is 9.47 Å². The molecule has 1 saturated carbocycles. The van der Waals surface area contributed by atoms with Crippen LogP contribution in [-0.4, -0.2) is 75.5 Å². The van der Waals surface area contributed by atoms with Crippen molar-refractivity contribution in [3.05, 3.63) is 0 Å². The first-order valence-electron chi connectivity index (χ1n) is 8.17. The fourth-order valence-corrected chi connectivity index (χ4v) is 3.17. The Morgan fingerprint density at radius 2 is 2.14 bits per heavy atom. The van der Waals surface area contributed by atoms with Gasteiger partial charge in [0.05, 0.1) is 25.9 Å². The minimum absolute atomic E-state index is 0.126. The number of nitrogens with zero attached hydrogens (tertiary/aromatic N) is 2. The van der Waals surface area contributed by atoms with Crippen molar-refractivity contribution in [3.8, 4) is 0 Å². The lowest BCUT2D eigenvalue weighted by Gasteiger charge is -2.25. The molecule has 3 aliphatic rings. The number of nitrogens with one attached hydrogen (secondary N) is 2. The van der Waals surface area contributed by atoms with Crippen LogP contribution in [0.15, 0.2) is 4.99 Å². The molecule has 2 N–H and O–H groups in total. The van der Waals surface area contributed by atoms with Gasteiger partial charge in [-0.25, -0.2) is 0 Å². The Morgan fingerprint density at radius 1 is 1.29 bits per heavy atom. The van der Waals surface area contributed by atoms with Crippen LogP contribution >= 0.6 is 0 Å². The average molecular weight is 296 g/mol. The van der Waals surface area contributed by atoms with Gasteiger partial charge in [0.15, 0.2) is 5.96 Å². The summed E-state index contributed by atoms with van der Waals surface area (Å²) in [5.41, 5.74) is 0. The Labute approximate surface area is 127 Å². The molecule has 0 aromatic heterocycles. The van der Waals surface area contributed by atoms with Crippen LogP contribution in [0.25, 0.3) is 0 Å². The minimum Gasteiger partial charge on any atom is -0.376 e. The van der Waals surface area contributed by atoms with Gasteiger partial charge >= 0.3 is 0 Å². The molecule has 6 heteroatoms. The smallest absolute Gasteiger partial charge is 0.191 e. The van der Waals surface area contributed by atoms with Gasteiger partial charge in [0.25, 0.3) is 0 Å². The predicted molar refractivity (Wildman–Crippen MR) is 82.6 cm³/mol. The lowest BCUT2D eigenvalue weighted by Crippen LogP contribution is -2.49. The molecule has 3 fully saturated rings. The molecule has 2 heterocycles. The van der Waals surface area contributed by atoms with E-state index in [1.807, 2.05) is 7.05 Å². The predicted octanol–water partition coefficient (Wildman–Crippen LogP) is 0.0495. The Kier molecular flexibility index (Phi) is 4.98. The van der Waals surface area contributed by atoms with Gasteiger partial charge in [-0.15, -0.1) is 0 Å². The maximum Gasteiger partial charge on any atom is 0.191 e. The van der Waals surface area contributed by atoms with Gasteiger partial charge in [-0.1, -0.05) is 6.92 Å². The fraction of sp³-hybridized carbons (Fsp3) is 0.933. The number of hydrogen-bond acceptors (Lipinski definition) is 4. The number of guanidine groups is 1. The van der Waals surface area contributed by atoms with Crippen LogP contribution in [0.2, 0.25) is 0 Å². The summed E-state index contributed by atoms with van der Waals surface area (Å²) in [6, 6.07) is 1.34. The summed E-state index contributed by atoms with van der Waals surface area (Å²) in [6.07, 6.45) is 2.89. The monoisotopic (exact) mass is 296 g/mol. The van der Waals surface area contributed by atoms with Crippen molar-refractivity contribution >= 4 is 5.96 Å². The molecule has 120 valence electrons. The summed E-state index contributed by atoms with van der Waals surface area (Å²) in [5.74, 6) is 1.54. The maximum atomic E-state index is 5.64. The standard InChI is InChI=1S/C15H28N4O2/c1-11-8-19(12-3-4-12)9-14(11)18-15(16-2)17-7-13-10-20-5-6-21-13/h11-14H,3-10H2,1-2H3,(H2,16,17,18). The quantitative estimate of drug-likeness (QED) is 0.567. The Balaban J connectivity index is 1.43. The summed E-state index contributed by atoms with van der Waals surface area (Å²) in [6.45, 7) is 7.47. The average Bonchev–Trinajstić information content (AvgIpc) is 3.29. The fourth-order valence-electron chi connectivity index (χ4n) is 3.17. The van der Waals surface area contributed by atoms with Crippen LogP contribution < -0.4 is 10.6 Å². The number of rotatable bonds is 4. The molecule has 3 unspecified atom stereocenters. The van der Waals surface area contributed by atoms with Crippen LogP contribution in [0.5, 0.6) is 0 Å². The highest BCUT2D eigenvalue weighted by Gasteiger charge is 2.38. The Bertz CT molecular complexity index is 367. The summed E-state index contributed by atoms with van der Waals surface area (Å²) in [7, 11) is 1.83. The van der Waals surface area contributed by atoms with E-state index >= 15 is 0 Å². The number of hydrogen-bond donors (Lipinski definition) is 2. The van der Waals surface area contributed by atoms with Crippen LogP contribution in [0.3, 0.4) is 0 Å². The van der Waals surface area contributed by atoms with E-state index in [0.29, 0.717) is 31.8 Å². The molecule has 0 spiro atoms. The van der Waals surface area contributed by atoms with Crippen LogP contribution in [-0.2, 0) is 9.47 Å². The third-order valence-corrected chi connectivity index (χ3v) is 4.63. The van der Waals surface area contributed by atoms with E-state index in [9.17, 15) is 0 Å². The van der Waals surface area contributed by atoms with Crippen molar-refractivity contribution in [2.24, 2.45) is 10.9 Å². The number of likely N-dealkylation sites (tertiary alicyclic amines) is 1. The van der Waals surface area contributed by atoms with Crippen molar-refractivity contribution in [2.75, 3.05) is 46.5 Å². The molecule has 0 aromatic carbocycles. The maximum absolute atomic E-state index is 5.64. The molecule has 3 atom stereocenters. The van der Waals surface area contributed by atoms with Gasteiger partial charge < -0.3 is 20.1 Å². The van der Waals surface area contributed by atoms with E-state index < -0.39 is 0 Å². The molecule has 0 aromatic rings. The molecular formula is C15H28N4O2. The van der Waals surface area contributed by atoms with Gasteiger partial charge in [0.1, 0.15) is 0 Å². The SMILES string of the molecule is CN=C(NCC1COCCO1)NC1CN(C2CC2)CC1C. The lowest BCUT2D eigenvalue weighted by atomic mass is 10.1. The van der Waals surface area contributed by atoms with Crippen LogP contribution in [0.1, 0.15) is 19.8 Å². The second-order valence-corrected chi connectivity index (χ2v) is 6.43. The molecule has 0 amide bonds. The number of aliphatic imine (C=N–C) groups is 1. The third-order valence-electron chi connectivity index (χ3n) is 4.63. The largest absolute Gasteiger partial charge is 0.376 e. The molecule has 6 nitrogen and oxygen atoms in total. The van der Waals surface area contributed by atoms with Crippen molar-refractivity contribution in [1.82, 2.24) is 15.5 Å². The first kappa shape index (κ1) is 15.1. The topological polar surface area (TPSA) is 58.1 Å². The summed E-state index contributed by atoms with van der Waals surface area (Å²) in [4.78, 5) is 6.95. The summed E-state index contributed by atoms with van der Waals surface area (Å²) >= 11 is 0. The van der Waals surface area contributed by atoms with E-state index in [-0.39, 0.29) is 6.10 Å².